The van der Waals surface area contributed by atoms with E-state index in [2.05, 4.69) is 9.97 Å². The summed E-state index contributed by atoms with van der Waals surface area (Å²) in [5.74, 6) is 1.05. The van der Waals surface area contributed by atoms with Crippen LogP contribution in [0, 0.1) is 0 Å². The molecule has 2 aromatic heterocycles. The summed E-state index contributed by atoms with van der Waals surface area (Å²) in [6.07, 6.45) is 3.99. The summed E-state index contributed by atoms with van der Waals surface area (Å²) in [6, 6.07) is 12.1. The van der Waals surface area contributed by atoms with Crippen LogP contribution in [0.2, 0.25) is 5.02 Å². The van der Waals surface area contributed by atoms with Crippen molar-refractivity contribution in [2.24, 2.45) is 0 Å². The minimum absolute atomic E-state index is 0.0693. The van der Waals surface area contributed by atoms with Crippen molar-refractivity contribution in [1.82, 2.24) is 19.8 Å². The van der Waals surface area contributed by atoms with Crippen LogP contribution in [0.3, 0.4) is 0 Å². The molecular weight excluding hydrogens is 486 g/mol. The first-order valence-electron chi connectivity index (χ1n) is 11.2. The van der Waals surface area contributed by atoms with Crippen LogP contribution in [0.15, 0.2) is 53.2 Å². The molecule has 0 bridgehead atoms. The lowest BCUT2D eigenvalue weighted by Gasteiger charge is -2.40. The number of carbonyl (C=O) groups excluding carboxylic acids is 2. The van der Waals surface area contributed by atoms with Crippen molar-refractivity contribution in [3.63, 3.8) is 0 Å². The Kier molecular flexibility index (Phi) is 6.53. The number of amides is 2. The summed E-state index contributed by atoms with van der Waals surface area (Å²) in [5, 5.41) is 2.11. The molecule has 1 aliphatic rings. The molecule has 2 N–H and O–H groups in total. The van der Waals surface area contributed by atoms with E-state index in [1.54, 1.807) is 39.8 Å². The minimum atomic E-state index is -0.557. The Labute approximate surface area is 211 Å². The zero-order valence-corrected chi connectivity index (χ0v) is 20.7. The van der Waals surface area contributed by atoms with E-state index in [-0.39, 0.29) is 17.6 Å². The second-order valence-electron chi connectivity index (χ2n) is 8.46. The Morgan fingerprint density at radius 2 is 2.06 bits per heavy atom. The first-order valence-corrected chi connectivity index (χ1v) is 13.0. The van der Waals surface area contributed by atoms with Crippen molar-refractivity contribution in [3.05, 3.63) is 65.1 Å². The molecule has 180 valence electrons. The normalized spacial score (nSPS) is 16.4. The van der Waals surface area contributed by atoms with Gasteiger partial charge in [-0.05, 0) is 54.3 Å². The number of anilines is 1. The van der Waals surface area contributed by atoms with E-state index in [0.29, 0.717) is 42.5 Å². The summed E-state index contributed by atoms with van der Waals surface area (Å²) in [5.41, 5.74) is 8.16. The third-order valence-electron chi connectivity index (χ3n) is 6.24. The van der Waals surface area contributed by atoms with Gasteiger partial charge in [0.15, 0.2) is 5.76 Å². The molecule has 0 unspecified atom stereocenters. The minimum Gasteiger partial charge on any atom is -0.451 e. The van der Waals surface area contributed by atoms with E-state index >= 15 is 0 Å². The molecule has 35 heavy (non-hydrogen) atoms. The highest BCUT2D eigenvalue weighted by Gasteiger charge is 2.38. The lowest BCUT2D eigenvalue weighted by Crippen LogP contribution is -2.58. The van der Waals surface area contributed by atoms with Crippen molar-refractivity contribution in [2.75, 3.05) is 30.8 Å². The maximum absolute atomic E-state index is 13.5. The summed E-state index contributed by atoms with van der Waals surface area (Å²) in [6.45, 7) is 1.28. The lowest BCUT2D eigenvalue weighted by molar-refractivity contribution is -0.141. The van der Waals surface area contributed by atoms with Gasteiger partial charge in [0, 0.05) is 41.5 Å². The van der Waals surface area contributed by atoms with Crippen molar-refractivity contribution in [1.29, 1.82) is 0 Å². The number of hydrogen-bond donors (Lipinski definition) is 1. The Bertz CT molecular complexity index is 1430. The summed E-state index contributed by atoms with van der Waals surface area (Å²) in [7, 11) is 0. The Balaban J connectivity index is 1.37. The number of nitrogens with zero attached hydrogens (tertiary/aromatic N) is 4. The highest BCUT2D eigenvalue weighted by molar-refractivity contribution is 7.98. The number of halogens is 1. The number of benzene rings is 2. The Morgan fingerprint density at radius 1 is 1.20 bits per heavy atom. The van der Waals surface area contributed by atoms with Gasteiger partial charge in [-0.1, -0.05) is 17.7 Å². The van der Waals surface area contributed by atoms with Gasteiger partial charge in [-0.3, -0.25) is 9.59 Å². The van der Waals surface area contributed by atoms with Crippen molar-refractivity contribution >= 4 is 62.9 Å². The molecule has 1 saturated heterocycles. The fourth-order valence-electron chi connectivity index (χ4n) is 4.44. The molecule has 2 amide bonds. The lowest BCUT2D eigenvalue weighted by atomic mass is 10.1. The number of nitrogens with two attached hydrogens (primary N) is 1. The fraction of sp³-hybridized carbons (Fsp3) is 0.280. The van der Waals surface area contributed by atoms with Gasteiger partial charge in [-0.25, -0.2) is 9.97 Å². The van der Waals surface area contributed by atoms with E-state index < -0.39 is 6.04 Å². The zero-order valence-electron chi connectivity index (χ0n) is 19.1. The van der Waals surface area contributed by atoms with Crippen LogP contribution >= 0.6 is 23.4 Å². The van der Waals surface area contributed by atoms with Gasteiger partial charge >= 0.3 is 0 Å². The number of rotatable bonds is 6. The third kappa shape index (κ3) is 4.66. The number of piperazine rings is 1. The topological polar surface area (TPSA) is 106 Å². The van der Waals surface area contributed by atoms with Crippen LogP contribution in [0.5, 0.6) is 0 Å². The van der Waals surface area contributed by atoms with Crippen molar-refractivity contribution in [3.8, 4) is 0 Å². The molecule has 1 aliphatic heterocycles. The van der Waals surface area contributed by atoms with Crippen LogP contribution in [-0.2, 0) is 11.3 Å². The highest BCUT2D eigenvalue weighted by Crippen LogP contribution is 2.27. The number of carbonyl (C=O) groups is 2. The van der Waals surface area contributed by atoms with E-state index in [1.165, 1.54) is 6.33 Å². The average molecular weight is 510 g/mol. The molecule has 8 nitrogen and oxygen atoms in total. The van der Waals surface area contributed by atoms with Crippen LogP contribution in [-0.4, -0.2) is 62.7 Å². The van der Waals surface area contributed by atoms with Gasteiger partial charge in [0.1, 0.15) is 23.8 Å². The number of furan rings is 1. The maximum Gasteiger partial charge on any atom is 0.290 e. The molecule has 0 aliphatic carbocycles. The number of thioether (sulfide) groups is 1. The molecule has 5 rings (SSSR count). The Morgan fingerprint density at radius 3 is 2.89 bits per heavy atom. The quantitative estimate of drug-likeness (QED) is 0.415. The maximum atomic E-state index is 13.5. The second-order valence-corrected chi connectivity index (χ2v) is 9.88. The van der Waals surface area contributed by atoms with Gasteiger partial charge in [0.2, 0.25) is 5.91 Å². The molecule has 0 saturated carbocycles. The summed E-state index contributed by atoms with van der Waals surface area (Å²) >= 11 is 7.70. The van der Waals surface area contributed by atoms with E-state index in [0.717, 1.165) is 27.6 Å². The van der Waals surface area contributed by atoms with E-state index in [1.807, 2.05) is 30.5 Å². The summed E-state index contributed by atoms with van der Waals surface area (Å²) < 4.78 is 5.80. The summed E-state index contributed by atoms with van der Waals surface area (Å²) in [4.78, 5) is 38.7. The van der Waals surface area contributed by atoms with E-state index in [9.17, 15) is 9.59 Å². The van der Waals surface area contributed by atoms with Gasteiger partial charge in [0.05, 0.1) is 5.52 Å². The first kappa shape index (κ1) is 23.4. The van der Waals surface area contributed by atoms with Crippen LogP contribution in [0.1, 0.15) is 22.5 Å². The Hall–Kier alpha value is -3.30. The fourth-order valence-corrected chi connectivity index (χ4v) is 5.06. The highest BCUT2D eigenvalue weighted by atomic mass is 35.5. The smallest absolute Gasteiger partial charge is 0.290 e. The second kappa shape index (κ2) is 9.75. The number of fused-ring (bicyclic) bond motifs is 2. The molecular formula is C25H24ClN5O3S. The van der Waals surface area contributed by atoms with Crippen molar-refractivity contribution in [2.45, 2.75) is 19.0 Å². The first-order chi connectivity index (χ1) is 16.9. The monoisotopic (exact) mass is 509 g/mol. The SMILES string of the molecule is CSCC[C@H]1C(=O)N(Cc2ccc3c(N)ncnc3c2)CCN1C(=O)c1cc2ccc(Cl)cc2o1. The van der Waals surface area contributed by atoms with Gasteiger partial charge < -0.3 is 20.0 Å². The number of hydrogen-bond acceptors (Lipinski definition) is 7. The molecule has 10 heteroatoms. The molecule has 0 radical (unpaired) electrons. The molecule has 1 fully saturated rings. The predicted molar refractivity (Wildman–Crippen MR) is 138 cm³/mol. The molecule has 1 atom stereocenters. The zero-order chi connectivity index (χ0) is 24.5. The van der Waals surface area contributed by atoms with Crippen LogP contribution < -0.4 is 5.73 Å². The standard InChI is InChI=1S/C25H24ClN5O3S/c1-35-9-6-20-24(32)30(13-15-2-5-18-19(10-15)28-14-29-23(18)27)7-8-31(20)25(33)22-11-16-3-4-17(26)12-21(16)34-22/h2-5,10-12,14,20H,6-9,13H2,1H3,(H2,27,28,29)/t20-/m0/s1. The van der Waals surface area contributed by atoms with Crippen LogP contribution in [0.25, 0.3) is 21.9 Å². The van der Waals surface area contributed by atoms with Gasteiger partial charge in [-0.2, -0.15) is 11.8 Å². The number of nitrogen functional groups attached to an aromatic ring is 1. The molecule has 4 aromatic rings. The molecule has 0 spiro atoms. The van der Waals surface area contributed by atoms with Crippen molar-refractivity contribution < 1.29 is 14.0 Å². The van der Waals surface area contributed by atoms with Gasteiger partial charge in [0.25, 0.3) is 5.91 Å². The third-order valence-corrected chi connectivity index (χ3v) is 7.12. The molecule has 2 aromatic carbocycles. The van der Waals surface area contributed by atoms with Gasteiger partial charge in [-0.15, -0.1) is 0 Å². The average Bonchev–Trinajstić information content (AvgIpc) is 3.27. The molecule has 3 heterocycles. The largest absolute Gasteiger partial charge is 0.451 e. The van der Waals surface area contributed by atoms with Crippen LogP contribution in [0.4, 0.5) is 5.82 Å². The number of aromatic nitrogens is 2. The predicted octanol–water partition coefficient (Wildman–Crippen LogP) is 4.22. The van der Waals surface area contributed by atoms with E-state index in [4.69, 9.17) is 21.8 Å².